The molecule has 31 heavy (non-hydrogen) atoms. The topological polar surface area (TPSA) is 149 Å². The Morgan fingerprint density at radius 2 is 2.13 bits per heavy atom. The van der Waals surface area contributed by atoms with Crippen LogP contribution in [0.3, 0.4) is 0 Å². The highest BCUT2D eigenvalue weighted by molar-refractivity contribution is 5.57. The summed E-state index contributed by atoms with van der Waals surface area (Å²) in [5, 5.41) is 18.2. The minimum Gasteiger partial charge on any atom is -0.493 e. The molecule has 0 atom stereocenters. The van der Waals surface area contributed by atoms with Crippen LogP contribution in [0.15, 0.2) is 16.0 Å². The Labute approximate surface area is 176 Å². The van der Waals surface area contributed by atoms with Crippen molar-refractivity contribution < 1.29 is 9.84 Å². The molecule has 0 aromatic carbocycles. The summed E-state index contributed by atoms with van der Waals surface area (Å²) >= 11 is 0. The van der Waals surface area contributed by atoms with Gasteiger partial charge in [0.2, 0.25) is 11.8 Å². The van der Waals surface area contributed by atoms with Crippen molar-refractivity contribution in [1.29, 1.82) is 0 Å². The lowest BCUT2D eigenvalue weighted by Crippen LogP contribution is -2.37. The Morgan fingerprint density at radius 1 is 1.29 bits per heavy atom. The van der Waals surface area contributed by atoms with Crippen molar-refractivity contribution in [3.8, 4) is 5.88 Å². The molecule has 1 saturated carbocycles. The van der Waals surface area contributed by atoms with Crippen molar-refractivity contribution >= 4 is 17.7 Å². The Kier molecular flexibility index (Phi) is 5.38. The van der Waals surface area contributed by atoms with Crippen LogP contribution >= 0.6 is 0 Å². The number of nitrogens with zero attached hydrogens (tertiary/aromatic N) is 6. The molecule has 3 aromatic heterocycles. The molecule has 12 heteroatoms. The molecule has 4 heterocycles. The third-order valence-corrected chi connectivity index (χ3v) is 5.30. The molecule has 1 aliphatic heterocycles. The smallest absolute Gasteiger partial charge is 0.326 e. The van der Waals surface area contributed by atoms with E-state index in [-0.39, 0.29) is 17.6 Å². The zero-order valence-corrected chi connectivity index (χ0v) is 17.0. The van der Waals surface area contributed by atoms with E-state index < -0.39 is 5.69 Å². The Bertz CT molecular complexity index is 1230. The second-order valence-corrected chi connectivity index (χ2v) is 7.76. The first-order valence-corrected chi connectivity index (χ1v) is 10.5. The molecule has 3 aromatic rings. The van der Waals surface area contributed by atoms with Gasteiger partial charge < -0.3 is 20.1 Å². The number of fused-ring (bicyclic) bond motifs is 1. The first-order chi connectivity index (χ1) is 15.2. The van der Waals surface area contributed by atoms with Gasteiger partial charge in [-0.3, -0.25) is 9.88 Å². The number of H-pyrrole nitrogens is 2. The average molecular weight is 427 g/mol. The summed E-state index contributed by atoms with van der Waals surface area (Å²) in [4.78, 5) is 32.5. The highest BCUT2D eigenvalue weighted by atomic mass is 16.5. The van der Waals surface area contributed by atoms with E-state index >= 15 is 0 Å². The largest absolute Gasteiger partial charge is 0.493 e. The number of hydrogen-bond acceptors (Lipinski definition) is 9. The van der Waals surface area contributed by atoms with Gasteiger partial charge in [0, 0.05) is 24.9 Å². The number of anilines is 1. The van der Waals surface area contributed by atoms with Gasteiger partial charge in [-0.25, -0.2) is 9.79 Å². The number of nitrogens with one attached hydrogen (secondary N) is 3. The van der Waals surface area contributed by atoms with Gasteiger partial charge in [0.25, 0.3) is 5.62 Å². The van der Waals surface area contributed by atoms with Crippen molar-refractivity contribution in [3.63, 3.8) is 0 Å². The summed E-state index contributed by atoms with van der Waals surface area (Å²) in [6.45, 7) is 5.24. The summed E-state index contributed by atoms with van der Waals surface area (Å²) in [6.07, 6.45) is 6.29. The van der Waals surface area contributed by atoms with Crippen molar-refractivity contribution in [2.75, 3.05) is 44.7 Å². The van der Waals surface area contributed by atoms with Crippen LogP contribution in [-0.4, -0.2) is 85.0 Å². The molecule has 1 saturated heterocycles. The molecule has 1 aliphatic carbocycles. The monoisotopic (exact) mass is 427 g/mol. The highest BCUT2D eigenvalue weighted by Gasteiger charge is 2.21. The molecule has 4 N–H and O–H groups in total. The molecule has 0 unspecified atom stereocenters. The van der Waals surface area contributed by atoms with E-state index in [0.717, 1.165) is 58.7 Å². The van der Waals surface area contributed by atoms with Crippen molar-refractivity contribution in [2.24, 2.45) is 4.99 Å². The second kappa shape index (κ2) is 8.47. The van der Waals surface area contributed by atoms with Gasteiger partial charge in [-0.15, -0.1) is 0 Å². The number of aromatic hydroxyl groups is 1. The Morgan fingerprint density at radius 3 is 2.87 bits per heavy atom. The number of rotatable bonds is 7. The number of ether oxygens (including phenoxy) is 1. The lowest BCUT2D eigenvalue weighted by molar-refractivity contribution is 0.0378. The van der Waals surface area contributed by atoms with E-state index in [1.165, 1.54) is 0 Å². The summed E-state index contributed by atoms with van der Waals surface area (Å²) < 4.78 is 6.97. The molecule has 0 radical (unpaired) electrons. The third kappa shape index (κ3) is 4.59. The van der Waals surface area contributed by atoms with Crippen LogP contribution in [0.2, 0.25) is 0 Å². The summed E-state index contributed by atoms with van der Waals surface area (Å²) in [5.74, 6) is 0.249. The lowest BCUT2D eigenvalue weighted by Gasteiger charge is -2.26. The van der Waals surface area contributed by atoms with E-state index in [2.05, 4.69) is 40.2 Å². The van der Waals surface area contributed by atoms with Gasteiger partial charge in [0.1, 0.15) is 5.69 Å². The normalized spacial score (nSPS) is 18.8. The maximum absolute atomic E-state index is 11.4. The Hall–Kier alpha value is -3.25. The van der Waals surface area contributed by atoms with Gasteiger partial charge >= 0.3 is 5.69 Å². The predicted octanol–water partition coefficient (Wildman–Crippen LogP) is -1.41. The number of morpholine rings is 1. The number of imidazole rings is 1. The third-order valence-electron chi connectivity index (χ3n) is 5.30. The summed E-state index contributed by atoms with van der Waals surface area (Å²) in [5.41, 5.74) is 0.822. The molecule has 0 bridgehead atoms. The van der Waals surface area contributed by atoms with Gasteiger partial charge in [0.15, 0.2) is 5.65 Å². The molecule has 2 aliphatic rings. The molecule has 0 spiro atoms. The van der Waals surface area contributed by atoms with Gasteiger partial charge in [0.05, 0.1) is 25.5 Å². The van der Waals surface area contributed by atoms with Crippen LogP contribution < -0.4 is 21.8 Å². The first kappa shape index (κ1) is 19.7. The minimum absolute atomic E-state index is 0.234. The summed E-state index contributed by atoms with van der Waals surface area (Å²) in [7, 11) is 0. The standard InChI is InChI=1S/C19H25N9O3/c29-16-14(23-19(30)25-16)10-12-11-21-28-15(12)24-17(26-18(28)22-13-2-3-13)20-4-1-5-27-6-8-31-9-7-27/h10-11,13,29H,1-9H2,(H,20,22,26)(H2,23,25,30)/b12-10+. The summed E-state index contributed by atoms with van der Waals surface area (Å²) in [6, 6.07) is 0.272. The molecular formula is C19H25N9O3. The van der Waals surface area contributed by atoms with Crippen LogP contribution in [0.5, 0.6) is 5.88 Å². The zero-order valence-electron chi connectivity index (χ0n) is 17.0. The molecule has 2 fully saturated rings. The first-order valence-electron chi connectivity index (χ1n) is 10.5. The van der Waals surface area contributed by atoms with Crippen LogP contribution in [0.4, 0.5) is 5.95 Å². The van der Waals surface area contributed by atoms with Gasteiger partial charge in [-0.05, 0) is 31.9 Å². The van der Waals surface area contributed by atoms with E-state index in [1.807, 2.05) is 0 Å². The number of aromatic amines is 2. The van der Waals surface area contributed by atoms with Crippen LogP contribution in [0, 0.1) is 0 Å². The molecular weight excluding hydrogens is 402 g/mol. The second-order valence-electron chi connectivity index (χ2n) is 7.76. The molecule has 12 nitrogen and oxygen atoms in total. The van der Waals surface area contributed by atoms with Crippen LogP contribution in [-0.2, 0) is 4.74 Å². The van der Waals surface area contributed by atoms with Crippen molar-refractivity contribution in [3.05, 3.63) is 33.2 Å². The number of aromatic nitrogens is 6. The van der Waals surface area contributed by atoms with Crippen molar-refractivity contribution in [2.45, 2.75) is 25.3 Å². The predicted molar refractivity (Wildman–Crippen MR) is 112 cm³/mol. The zero-order chi connectivity index (χ0) is 21.2. The fourth-order valence-electron chi connectivity index (χ4n) is 3.49. The average Bonchev–Trinajstić information content (AvgIpc) is 3.40. The van der Waals surface area contributed by atoms with Gasteiger partial charge in [-0.2, -0.15) is 19.6 Å². The fraction of sp³-hybridized carbons (Fsp3) is 0.526. The minimum atomic E-state index is -0.484. The fourth-order valence-corrected chi connectivity index (χ4v) is 3.49. The quantitative estimate of drug-likeness (QED) is 0.336. The van der Waals surface area contributed by atoms with Crippen molar-refractivity contribution in [1.82, 2.24) is 34.4 Å². The molecule has 5 rings (SSSR count). The SMILES string of the molecule is O=c1[nH]c(O)c(/C=c2\cnn3c(=NC4CC4)nc(NCCCN4CCOCC4)nc23)[nH]1. The van der Waals surface area contributed by atoms with Crippen LogP contribution in [0.1, 0.15) is 25.0 Å². The molecule has 164 valence electrons. The maximum Gasteiger partial charge on any atom is 0.326 e. The van der Waals surface area contributed by atoms with Gasteiger partial charge in [-0.1, -0.05) is 0 Å². The van der Waals surface area contributed by atoms with E-state index in [9.17, 15) is 9.90 Å². The highest BCUT2D eigenvalue weighted by Crippen LogP contribution is 2.22. The van der Waals surface area contributed by atoms with E-state index in [4.69, 9.17) is 4.74 Å². The van der Waals surface area contributed by atoms with E-state index in [0.29, 0.717) is 22.4 Å². The number of hydrogen-bond donors (Lipinski definition) is 4. The maximum atomic E-state index is 11.4. The molecule has 0 amide bonds. The van der Waals surface area contributed by atoms with E-state index in [1.54, 1.807) is 16.8 Å². The van der Waals surface area contributed by atoms with Crippen LogP contribution in [0.25, 0.3) is 11.7 Å². The Balaban J connectivity index is 1.41. The lowest BCUT2D eigenvalue weighted by atomic mass is 10.3.